The summed E-state index contributed by atoms with van der Waals surface area (Å²) in [6.07, 6.45) is 0. The van der Waals surface area contributed by atoms with Gasteiger partial charge in [0.15, 0.2) is 0 Å². The molecule has 0 amide bonds. The molecule has 0 saturated carbocycles. The molecule has 1 aliphatic heterocycles. The van der Waals surface area contributed by atoms with E-state index in [0.29, 0.717) is 24.7 Å². The Hall–Kier alpha value is -2.86. The van der Waals surface area contributed by atoms with Crippen LogP contribution in [0.25, 0.3) is 0 Å². The van der Waals surface area contributed by atoms with Crippen LogP contribution < -0.4 is 9.86 Å². The lowest BCUT2D eigenvalue weighted by atomic mass is 9.94. The highest BCUT2D eigenvalue weighted by Gasteiger charge is 2.47. The first-order chi connectivity index (χ1) is 18.1. The second-order valence-electron chi connectivity index (χ2n) is 8.53. The van der Waals surface area contributed by atoms with Crippen molar-refractivity contribution in [3.05, 3.63) is 126 Å². The summed E-state index contributed by atoms with van der Waals surface area (Å²) in [6.45, 7) is 0. The number of hydrogen-bond acceptors (Lipinski definition) is 5. The molecule has 38 heavy (non-hydrogen) atoms. The van der Waals surface area contributed by atoms with Gasteiger partial charge in [-0.2, -0.15) is 0 Å². The molecule has 11 heteroatoms. The largest absolute Gasteiger partial charge is 0.465 e. The molecule has 7 nitrogen and oxygen atoms in total. The zero-order valence-electron chi connectivity index (χ0n) is 19.7. The summed E-state index contributed by atoms with van der Waals surface area (Å²) in [5, 5.41) is 0.994. The van der Waals surface area contributed by atoms with Crippen molar-refractivity contribution >= 4 is 67.6 Å². The fourth-order valence-corrected chi connectivity index (χ4v) is 7.01. The van der Waals surface area contributed by atoms with Gasteiger partial charge in [0.2, 0.25) is 0 Å². The number of nitrogens with zero attached hydrogens (tertiary/aromatic N) is 2. The van der Waals surface area contributed by atoms with Crippen molar-refractivity contribution in [1.29, 1.82) is 0 Å². The molecule has 0 fully saturated rings. The number of rotatable bonds is 5. The lowest BCUT2D eigenvalue weighted by Crippen LogP contribution is -2.34. The SMILES string of the molecule is COC(=O)c1cccc(S(=O)(=O)N2c3ccc(I)c(=O)n3[C@@H](c3ccc(Cl)cc3)[C@H]2c2ccc(Cl)cc2)c1. The third kappa shape index (κ3) is 4.61. The van der Waals surface area contributed by atoms with Crippen molar-refractivity contribution in [3.63, 3.8) is 0 Å². The number of ether oxygens (including phenoxy) is 1. The lowest BCUT2D eigenvalue weighted by molar-refractivity contribution is 0.0600. The van der Waals surface area contributed by atoms with Gasteiger partial charge in [0.05, 0.1) is 33.2 Å². The number of carbonyl (C=O) groups excluding carboxylic acids is 1. The lowest BCUT2D eigenvalue weighted by Gasteiger charge is -2.29. The number of benzene rings is 3. The van der Waals surface area contributed by atoms with Crippen LogP contribution in [0.5, 0.6) is 0 Å². The minimum absolute atomic E-state index is 0.0880. The second kappa shape index (κ2) is 10.4. The maximum Gasteiger partial charge on any atom is 0.337 e. The van der Waals surface area contributed by atoms with Gasteiger partial charge < -0.3 is 4.74 Å². The monoisotopic (exact) mass is 680 g/mol. The molecule has 0 spiro atoms. The number of pyridine rings is 1. The van der Waals surface area contributed by atoms with Crippen molar-refractivity contribution in [1.82, 2.24) is 4.57 Å². The predicted molar refractivity (Wildman–Crippen MR) is 155 cm³/mol. The third-order valence-electron chi connectivity index (χ3n) is 6.34. The zero-order valence-corrected chi connectivity index (χ0v) is 24.2. The first-order valence-corrected chi connectivity index (χ1v) is 14.6. The molecule has 5 rings (SSSR count). The number of halogens is 3. The number of anilines is 1. The summed E-state index contributed by atoms with van der Waals surface area (Å²) >= 11 is 14.3. The Bertz CT molecular complexity index is 1710. The van der Waals surface area contributed by atoms with Gasteiger partial charge in [0, 0.05) is 10.0 Å². The van der Waals surface area contributed by atoms with Crippen LogP contribution in [0.15, 0.2) is 94.6 Å². The molecule has 0 unspecified atom stereocenters. The van der Waals surface area contributed by atoms with E-state index in [0.717, 1.165) is 0 Å². The van der Waals surface area contributed by atoms with Crippen LogP contribution in [0.1, 0.15) is 33.6 Å². The molecule has 0 radical (unpaired) electrons. The second-order valence-corrected chi connectivity index (χ2v) is 12.4. The molecule has 3 aromatic carbocycles. The van der Waals surface area contributed by atoms with Gasteiger partial charge in [-0.25, -0.2) is 17.5 Å². The summed E-state index contributed by atoms with van der Waals surface area (Å²) in [6, 6.07) is 21.0. The number of carbonyl (C=O) groups is 1. The van der Waals surface area contributed by atoms with Crippen molar-refractivity contribution in [2.75, 3.05) is 11.4 Å². The molecule has 2 heterocycles. The Morgan fingerprint density at radius 3 is 2.03 bits per heavy atom. The molecule has 0 saturated heterocycles. The van der Waals surface area contributed by atoms with E-state index >= 15 is 0 Å². The van der Waals surface area contributed by atoms with E-state index in [4.69, 9.17) is 27.9 Å². The highest BCUT2D eigenvalue weighted by atomic mass is 127. The molecule has 1 aromatic heterocycles. The normalized spacial score (nSPS) is 16.8. The quantitative estimate of drug-likeness (QED) is 0.188. The molecule has 0 N–H and O–H groups in total. The predicted octanol–water partition coefficient (Wildman–Crippen LogP) is 6.09. The van der Waals surface area contributed by atoms with Gasteiger partial charge >= 0.3 is 5.97 Å². The molecule has 1 aliphatic rings. The average molecular weight is 681 g/mol. The highest BCUT2D eigenvalue weighted by Crippen LogP contribution is 2.49. The van der Waals surface area contributed by atoms with Gasteiger partial charge in [-0.15, -0.1) is 0 Å². The summed E-state index contributed by atoms with van der Waals surface area (Å²) < 4.78 is 36.6. The highest BCUT2D eigenvalue weighted by molar-refractivity contribution is 14.1. The smallest absolute Gasteiger partial charge is 0.337 e. The average Bonchev–Trinajstić information content (AvgIpc) is 3.28. The van der Waals surface area contributed by atoms with E-state index in [-0.39, 0.29) is 21.8 Å². The third-order valence-corrected chi connectivity index (χ3v) is 9.45. The Kier molecular flexibility index (Phi) is 7.29. The summed E-state index contributed by atoms with van der Waals surface area (Å²) in [5.41, 5.74) is 1.08. The first kappa shape index (κ1) is 26.7. The van der Waals surface area contributed by atoms with E-state index in [1.807, 2.05) is 22.6 Å². The van der Waals surface area contributed by atoms with Crippen molar-refractivity contribution in [2.45, 2.75) is 17.0 Å². The Balaban J connectivity index is 1.81. The van der Waals surface area contributed by atoms with Crippen LogP contribution in [0.2, 0.25) is 10.0 Å². The van der Waals surface area contributed by atoms with E-state index in [9.17, 15) is 18.0 Å². The van der Waals surface area contributed by atoms with Crippen LogP contribution in [0.3, 0.4) is 0 Å². The Morgan fingerprint density at radius 2 is 1.45 bits per heavy atom. The van der Waals surface area contributed by atoms with Crippen LogP contribution in [-0.4, -0.2) is 26.1 Å². The van der Waals surface area contributed by atoms with Crippen LogP contribution in [0, 0.1) is 3.57 Å². The van der Waals surface area contributed by atoms with E-state index in [2.05, 4.69) is 0 Å². The molecule has 0 bridgehead atoms. The maximum absolute atomic E-state index is 14.3. The molecular weight excluding hydrogens is 662 g/mol. The molecular formula is C27H19Cl2IN2O5S. The topological polar surface area (TPSA) is 85.7 Å². The number of fused-ring (bicyclic) bond motifs is 1. The van der Waals surface area contributed by atoms with Crippen LogP contribution in [0.4, 0.5) is 5.82 Å². The fourth-order valence-electron chi connectivity index (χ4n) is 4.64. The van der Waals surface area contributed by atoms with Gasteiger partial charge in [-0.1, -0.05) is 53.5 Å². The maximum atomic E-state index is 14.3. The van der Waals surface area contributed by atoms with Crippen molar-refractivity contribution in [3.8, 4) is 0 Å². The van der Waals surface area contributed by atoms with Gasteiger partial charge in [0.25, 0.3) is 15.6 Å². The Morgan fingerprint density at radius 1 is 0.868 bits per heavy atom. The molecule has 194 valence electrons. The zero-order chi connectivity index (χ0) is 27.2. The molecule has 2 atom stereocenters. The van der Waals surface area contributed by atoms with Crippen molar-refractivity contribution < 1.29 is 17.9 Å². The summed E-state index contributed by atoms with van der Waals surface area (Å²) in [7, 11) is -3.07. The molecule has 0 aliphatic carbocycles. The minimum Gasteiger partial charge on any atom is -0.465 e. The summed E-state index contributed by atoms with van der Waals surface area (Å²) in [4.78, 5) is 25.6. The molecule has 4 aromatic rings. The number of esters is 1. The van der Waals surface area contributed by atoms with Crippen LogP contribution in [-0.2, 0) is 14.8 Å². The number of sulfonamides is 1. The van der Waals surface area contributed by atoms with E-state index in [1.54, 1.807) is 60.7 Å². The van der Waals surface area contributed by atoms with Gasteiger partial charge in [-0.3, -0.25) is 9.36 Å². The summed E-state index contributed by atoms with van der Waals surface area (Å²) in [5.74, 6) is -0.471. The van der Waals surface area contributed by atoms with Gasteiger partial charge in [0.1, 0.15) is 5.82 Å². The first-order valence-electron chi connectivity index (χ1n) is 11.3. The van der Waals surface area contributed by atoms with E-state index < -0.39 is 28.1 Å². The number of hydrogen-bond donors (Lipinski definition) is 0. The van der Waals surface area contributed by atoms with Crippen molar-refractivity contribution in [2.24, 2.45) is 0 Å². The van der Waals surface area contributed by atoms with E-state index in [1.165, 1.54) is 40.2 Å². The number of aromatic nitrogens is 1. The van der Waals surface area contributed by atoms with Crippen LogP contribution >= 0.6 is 45.8 Å². The van der Waals surface area contributed by atoms with Gasteiger partial charge in [-0.05, 0) is 88.3 Å². The minimum atomic E-state index is -4.30. The Labute approximate surface area is 242 Å². The fraction of sp³-hybridized carbons (Fsp3) is 0.111. The number of methoxy groups -OCH3 is 1. The standard InChI is InChI=1S/C27H19Cl2IN2O5S/c1-37-27(34)18-3-2-4-21(15-18)38(35,36)32-23-14-13-22(30)26(33)31(23)24(16-5-9-19(28)10-6-16)25(32)17-7-11-20(29)12-8-17/h2-15,24-25H,1H3/t24-,25+/m0/s1.